The number of para-hydroxylation sites is 1. The molecule has 0 saturated heterocycles. The number of carbonyl (C=O) groups excluding carboxylic acids is 1. The summed E-state index contributed by atoms with van der Waals surface area (Å²) >= 11 is 3.45. The molecule has 1 amide bonds. The van der Waals surface area contributed by atoms with E-state index >= 15 is 0 Å². The van der Waals surface area contributed by atoms with Crippen LogP contribution in [0.4, 0.5) is 0 Å². The Labute approximate surface area is 186 Å². The molecule has 158 valence electrons. The van der Waals surface area contributed by atoms with Gasteiger partial charge in [-0.15, -0.1) is 0 Å². The van der Waals surface area contributed by atoms with Crippen LogP contribution in [0.5, 0.6) is 5.75 Å². The van der Waals surface area contributed by atoms with Gasteiger partial charge < -0.3 is 15.0 Å². The first-order valence-electron chi connectivity index (χ1n) is 9.73. The molecule has 0 spiro atoms. The molecule has 0 saturated carbocycles. The van der Waals surface area contributed by atoms with Gasteiger partial charge in [0.2, 0.25) is 0 Å². The second kappa shape index (κ2) is 9.45. The van der Waals surface area contributed by atoms with Crippen molar-refractivity contribution in [3.8, 4) is 11.4 Å². The summed E-state index contributed by atoms with van der Waals surface area (Å²) in [4.78, 5) is 15.1. The first-order chi connectivity index (χ1) is 14.3. The van der Waals surface area contributed by atoms with Gasteiger partial charge in [0.15, 0.2) is 0 Å². The molecular formula is C23H27BrN4O2. The second-order valence-corrected chi connectivity index (χ2v) is 8.28. The highest BCUT2D eigenvalue weighted by atomic mass is 79.9. The first-order valence-corrected chi connectivity index (χ1v) is 10.5. The number of nitrogens with one attached hydrogen (secondary N) is 1. The third-order valence-corrected chi connectivity index (χ3v) is 5.70. The third kappa shape index (κ3) is 4.57. The van der Waals surface area contributed by atoms with E-state index in [0.29, 0.717) is 17.8 Å². The molecule has 1 N–H and O–H groups in total. The topological polar surface area (TPSA) is 59.4 Å². The van der Waals surface area contributed by atoms with Gasteiger partial charge in [-0.2, -0.15) is 5.10 Å². The predicted octanol–water partition coefficient (Wildman–Crippen LogP) is 4.29. The van der Waals surface area contributed by atoms with Crippen molar-refractivity contribution in [3.63, 3.8) is 0 Å². The smallest absolute Gasteiger partial charge is 0.255 e. The van der Waals surface area contributed by atoms with Crippen LogP contribution in [0.15, 0.2) is 53.0 Å². The lowest BCUT2D eigenvalue weighted by atomic mass is 10.0. The number of nitrogens with zero attached hydrogens (tertiary/aromatic N) is 3. The number of amides is 1. The van der Waals surface area contributed by atoms with Crippen molar-refractivity contribution in [2.24, 2.45) is 0 Å². The number of rotatable bonds is 7. The zero-order valence-corrected chi connectivity index (χ0v) is 19.5. The molecular weight excluding hydrogens is 444 g/mol. The number of likely N-dealkylation sites (N-methyl/N-ethyl adjacent to an activating group) is 1. The van der Waals surface area contributed by atoms with Crippen LogP contribution in [0.1, 0.15) is 33.4 Å². The van der Waals surface area contributed by atoms with Crippen molar-refractivity contribution in [2.75, 3.05) is 27.7 Å². The summed E-state index contributed by atoms with van der Waals surface area (Å²) in [5.41, 5.74) is 4.07. The van der Waals surface area contributed by atoms with E-state index in [4.69, 9.17) is 4.74 Å². The van der Waals surface area contributed by atoms with Gasteiger partial charge in [-0.25, -0.2) is 4.68 Å². The highest BCUT2D eigenvalue weighted by Gasteiger charge is 2.23. The Hall–Kier alpha value is -2.64. The summed E-state index contributed by atoms with van der Waals surface area (Å²) < 4.78 is 8.31. The molecule has 0 bridgehead atoms. The van der Waals surface area contributed by atoms with Crippen LogP contribution in [0.25, 0.3) is 5.69 Å². The number of benzene rings is 2. The Morgan fingerprint density at radius 2 is 1.83 bits per heavy atom. The molecule has 7 heteroatoms. The normalized spacial score (nSPS) is 12.1. The molecule has 3 rings (SSSR count). The van der Waals surface area contributed by atoms with E-state index in [1.807, 2.05) is 76.5 Å². The van der Waals surface area contributed by atoms with Crippen molar-refractivity contribution in [2.45, 2.75) is 19.9 Å². The number of hydrogen-bond donors (Lipinski definition) is 1. The predicted molar refractivity (Wildman–Crippen MR) is 122 cm³/mol. The van der Waals surface area contributed by atoms with Gasteiger partial charge in [0.05, 0.1) is 35.8 Å². The van der Waals surface area contributed by atoms with Gasteiger partial charge in [-0.05, 0) is 58.3 Å². The fourth-order valence-electron chi connectivity index (χ4n) is 3.60. The van der Waals surface area contributed by atoms with Crippen LogP contribution in [0.3, 0.4) is 0 Å². The number of aromatic nitrogens is 2. The molecule has 3 aromatic rings. The quantitative estimate of drug-likeness (QED) is 0.559. The van der Waals surface area contributed by atoms with E-state index in [9.17, 15) is 4.79 Å². The van der Waals surface area contributed by atoms with Crippen molar-refractivity contribution in [3.05, 3.63) is 75.5 Å². The number of hydrogen-bond acceptors (Lipinski definition) is 4. The monoisotopic (exact) mass is 470 g/mol. The molecule has 2 aromatic carbocycles. The SMILES string of the molecule is COc1ccccc1C(CNC(=O)c1c(C)nn(-c2ccc(Br)cc2)c1C)N(C)C. The van der Waals surface area contributed by atoms with Gasteiger partial charge in [0.25, 0.3) is 5.91 Å². The maximum absolute atomic E-state index is 13.1. The van der Waals surface area contributed by atoms with Crippen molar-refractivity contribution in [1.82, 2.24) is 20.0 Å². The Bertz CT molecular complexity index is 1030. The van der Waals surface area contributed by atoms with Crippen molar-refractivity contribution < 1.29 is 9.53 Å². The van der Waals surface area contributed by atoms with Gasteiger partial charge >= 0.3 is 0 Å². The summed E-state index contributed by atoms with van der Waals surface area (Å²) in [6, 6.07) is 15.7. The summed E-state index contributed by atoms with van der Waals surface area (Å²) in [6.07, 6.45) is 0. The lowest BCUT2D eigenvalue weighted by Crippen LogP contribution is -2.35. The molecule has 1 heterocycles. The summed E-state index contributed by atoms with van der Waals surface area (Å²) in [5.74, 6) is 0.677. The lowest BCUT2D eigenvalue weighted by Gasteiger charge is -2.26. The standard InChI is InChI=1S/C23H27BrN4O2/c1-15-22(16(2)28(26-15)18-12-10-17(24)11-13-18)23(29)25-14-20(27(3)4)19-8-6-7-9-21(19)30-5/h6-13,20H,14H2,1-5H3,(H,25,29). The number of aryl methyl sites for hydroxylation is 1. The molecule has 0 fully saturated rings. The minimum absolute atomic E-state index is 0.0211. The third-order valence-electron chi connectivity index (χ3n) is 5.17. The molecule has 0 radical (unpaired) electrons. The number of carbonyl (C=O) groups is 1. The zero-order chi connectivity index (χ0) is 21.8. The molecule has 6 nitrogen and oxygen atoms in total. The number of halogens is 1. The van der Waals surface area contributed by atoms with E-state index in [2.05, 4.69) is 31.2 Å². The minimum atomic E-state index is -0.130. The van der Waals surface area contributed by atoms with E-state index in [1.54, 1.807) is 11.8 Å². The number of ether oxygens (including phenoxy) is 1. The maximum Gasteiger partial charge on any atom is 0.255 e. The van der Waals surface area contributed by atoms with E-state index < -0.39 is 0 Å². The average Bonchev–Trinajstić information content (AvgIpc) is 3.02. The van der Waals surface area contributed by atoms with Crippen LogP contribution >= 0.6 is 15.9 Å². The molecule has 30 heavy (non-hydrogen) atoms. The summed E-state index contributed by atoms with van der Waals surface area (Å²) in [7, 11) is 5.64. The number of methoxy groups -OCH3 is 1. The van der Waals surface area contributed by atoms with Crippen LogP contribution in [-0.4, -0.2) is 48.3 Å². The highest BCUT2D eigenvalue weighted by molar-refractivity contribution is 9.10. The van der Waals surface area contributed by atoms with Gasteiger partial charge in [-0.1, -0.05) is 34.1 Å². The lowest BCUT2D eigenvalue weighted by molar-refractivity contribution is 0.0940. The van der Waals surface area contributed by atoms with Crippen molar-refractivity contribution >= 4 is 21.8 Å². The van der Waals surface area contributed by atoms with Crippen LogP contribution in [-0.2, 0) is 0 Å². The van der Waals surface area contributed by atoms with E-state index in [1.165, 1.54) is 0 Å². The van der Waals surface area contributed by atoms with E-state index in [0.717, 1.165) is 27.2 Å². The van der Waals surface area contributed by atoms with E-state index in [-0.39, 0.29) is 11.9 Å². The van der Waals surface area contributed by atoms with Crippen LogP contribution in [0.2, 0.25) is 0 Å². The molecule has 1 atom stereocenters. The Morgan fingerprint density at radius 1 is 1.17 bits per heavy atom. The molecule has 0 aliphatic rings. The van der Waals surface area contributed by atoms with Crippen molar-refractivity contribution in [1.29, 1.82) is 0 Å². The minimum Gasteiger partial charge on any atom is -0.496 e. The van der Waals surface area contributed by atoms with Gasteiger partial charge in [0, 0.05) is 16.6 Å². The molecule has 0 aliphatic carbocycles. The second-order valence-electron chi connectivity index (χ2n) is 7.37. The summed E-state index contributed by atoms with van der Waals surface area (Å²) in [6.45, 7) is 4.23. The fraction of sp³-hybridized carbons (Fsp3) is 0.304. The first kappa shape index (κ1) is 22.1. The van der Waals surface area contributed by atoms with Gasteiger partial charge in [-0.3, -0.25) is 4.79 Å². The molecule has 0 aliphatic heterocycles. The fourth-order valence-corrected chi connectivity index (χ4v) is 3.86. The van der Waals surface area contributed by atoms with Gasteiger partial charge in [0.1, 0.15) is 5.75 Å². The Kier molecular flexibility index (Phi) is 6.95. The Morgan fingerprint density at radius 3 is 2.47 bits per heavy atom. The van der Waals surface area contributed by atoms with Crippen LogP contribution in [0, 0.1) is 13.8 Å². The van der Waals surface area contributed by atoms with Crippen LogP contribution < -0.4 is 10.1 Å². The maximum atomic E-state index is 13.1. The zero-order valence-electron chi connectivity index (χ0n) is 17.9. The Balaban J connectivity index is 1.82. The molecule has 1 unspecified atom stereocenters. The largest absolute Gasteiger partial charge is 0.496 e. The summed E-state index contributed by atoms with van der Waals surface area (Å²) in [5, 5.41) is 7.68. The molecule has 1 aromatic heterocycles. The highest BCUT2D eigenvalue weighted by Crippen LogP contribution is 2.27. The average molecular weight is 471 g/mol.